The van der Waals surface area contributed by atoms with E-state index in [1.54, 1.807) is 11.6 Å². The van der Waals surface area contributed by atoms with Crippen molar-refractivity contribution < 1.29 is 35.2 Å². The van der Waals surface area contributed by atoms with Crippen molar-refractivity contribution in [1.82, 2.24) is 10.3 Å². The van der Waals surface area contributed by atoms with Crippen LogP contribution in [0.5, 0.6) is 0 Å². The lowest BCUT2D eigenvalue weighted by Gasteiger charge is -2.16. The van der Waals surface area contributed by atoms with Gasteiger partial charge in [-0.1, -0.05) is 0 Å². The Kier molecular flexibility index (Phi) is 8.01. The highest BCUT2D eigenvalue weighted by atomic mass is 32.2. The lowest BCUT2D eigenvalue weighted by molar-refractivity contribution is -0.137. The summed E-state index contributed by atoms with van der Waals surface area (Å²) in [5.41, 5.74) is -2.24. The number of halogens is 5. The summed E-state index contributed by atoms with van der Waals surface area (Å²) in [4.78, 5) is 16.1. The third-order valence-electron chi connectivity index (χ3n) is 4.25. The Hall–Kier alpha value is -3.22. The van der Waals surface area contributed by atoms with Crippen LogP contribution in [-0.2, 0) is 21.0 Å². The van der Waals surface area contributed by atoms with Gasteiger partial charge in [0, 0.05) is 24.4 Å². The molecule has 0 radical (unpaired) electrons. The first-order chi connectivity index (χ1) is 15.2. The first-order valence-electron chi connectivity index (χ1n) is 9.48. The molecule has 0 aliphatic rings. The van der Waals surface area contributed by atoms with Crippen LogP contribution in [-0.4, -0.2) is 32.1 Å². The zero-order valence-electron chi connectivity index (χ0n) is 17.7. The standard InChI is InChI=1S/C20H21F5N4O3S/c1-4-26-19-13(14(7-8-27-19)20(23,24)25)5-6-17(30)28-11(2)12-9-15(21)18(16(22)10-12)29-33(3,31)32/h5-11,29H,4H2,1-3H3,(H,26,27)(H,28,30)/t11-/m1/s1. The minimum Gasteiger partial charge on any atom is -0.370 e. The predicted molar refractivity (Wildman–Crippen MR) is 114 cm³/mol. The van der Waals surface area contributed by atoms with Crippen LogP contribution in [0.2, 0.25) is 0 Å². The molecule has 0 fully saturated rings. The van der Waals surface area contributed by atoms with E-state index in [1.807, 2.05) is 0 Å². The lowest BCUT2D eigenvalue weighted by atomic mass is 10.1. The maximum absolute atomic E-state index is 14.2. The summed E-state index contributed by atoms with van der Waals surface area (Å²) >= 11 is 0. The number of nitrogens with one attached hydrogen (secondary N) is 3. The van der Waals surface area contributed by atoms with Gasteiger partial charge >= 0.3 is 6.18 Å². The van der Waals surface area contributed by atoms with Gasteiger partial charge in [-0.25, -0.2) is 22.2 Å². The van der Waals surface area contributed by atoms with Crippen LogP contribution in [0.25, 0.3) is 6.08 Å². The van der Waals surface area contributed by atoms with Crippen LogP contribution in [0.3, 0.4) is 0 Å². The highest BCUT2D eigenvalue weighted by Crippen LogP contribution is 2.35. The third-order valence-corrected chi connectivity index (χ3v) is 4.83. The summed E-state index contributed by atoms with van der Waals surface area (Å²) in [6, 6.07) is 1.48. The normalized spacial score (nSPS) is 13.1. The van der Waals surface area contributed by atoms with E-state index in [9.17, 15) is 35.2 Å². The van der Waals surface area contributed by atoms with E-state index in [0.717, 1.165) is 42.8 Å². The molecular weight excluding hydrogens is 471 g/mol. The summed E-state index contributed by atoms with van der Waals surface area (Å²) < 4.78 is 92.5. The number of anilines is 2. The fourth-order valence-electron chi connectivity index (χ4n) is 2.83. The molecule has 0 bridgehead atoms. The third kappa shape index (κ3) is 7.14. The van der Waals surface area contributed by atoms with Gasteiger partial charge in [-0.2, -0.15) is 13.2 Å². The minimum absolute atomic E-state index is 0.0310. The van der Waals surface area contributed by atoms with E-state index >= 15 is 0 Å². The first-order valence-corrected chi connectivity index (χ1v) is 11.4. The monoisotopic (exact) mass is 492 g/mol. The summed E-state index contributed by atoms with van der Waals surface area (Å²) in [6.45, 7) is 3.34. The number of nitrogens with zero attached hydrogens (tertiary/aromatic N) is 1. The molecule has 7 nitrogen and oxygen atoms in total. The van der Waals surface area contributed by atoms with Gasteiger partial charge in [0.2, 0.25) is 15.9 Å². The number of rotatable bonds is 8. The largest absolute Gasteiger partial charge is 0.417 e. The van der Waals surface area contributed by atoms with Crippen molar-refractivity contribution in [2.24, 2.45) is 0 Å². The van der Waals surface area contributed by atoms with E-state index in [4.69, 9.17) is 0 Å². The molecule has 0 spiro atoms. The van der Waals surface area contributed by atoms with Gasteiger partial charge in [-0.3, -0.25) is 9.52 Å². The van der Waals surface area contributed by atoms with E-state index in [2.05, 4.69) is 15.6 Å². The summed E-state index contributed by atoms with van der Waals surface area (Å²) in [6.07, 6.45) is -1.19. The van der Waals surface area contributed by atoms with Crippen LogP contribution in [0.4, 0.5) is 33.5 Å². The molecule has 1 atom stereocenters. The van der Waals surface area contributed by atoms with Crippen LogP contribution >= 0.6 is 0 Å². The molecule has 0 aliphatic carbocycles. The lowest BCUT2D eigenvalue weighted by Crippen LogP contribution is -2.25. The minimum atomic E-state index is -4.69. The van der Waals surface area contributed by atoms with E-state index in [0.29, 0.717) is 6.54 Å². The Morgan fingerprint density at radius 1 is 1.21 bits per heavy atom. The Balaban J connectivity index is 2.25. The molecule has 1 aromatic carbocycles. The molecule has 180 valence electrons. The van der Waals surface area contributed by atoms with Crippen molar-refractivity contribution >= 4 is 33.5 Å². The molecule has 13 heteroatoms. The quantitative estimate of drug-likeness (QED) is 0.381. The Morgan fingerprint density at radius 3 is 2.33 bits per heavy atom. The van der Waals surface area contributed by atoms with Crippen molar-refractivity contribution in [3.63, 3.8) is 0 Å². The fraction of sp³-hybridized carbons (Fsp3) is 0.300. The van der Waals surface area contributed by atoms with Crippen molar-refractivity contribution in [3.8, 4) is 0 Å². The number of aromatic nitrogens is 1. The first kappa shape index (κ1) is 26.0. The van der Waals surface area contributed by atoms with Gasteiger partial charge in [-0.15, -0.1) is 0 Å². The molecule has 0 aliphatic heterocycles. The Bertz CT molecular complexity index is 1140. The fourth-order valence-corrected chi connectivity index (χ4v) is 3.39. The predicted octanol–water partition coefficient (Wildman–Crippen LogP) is 4.07. The number of carbonyl (C=O) groups is 1. The van der Waals surface area contributed by atoms with Crippen molar-refractivity contribution in [3.05, 3.63) is 58.8 Å². The molecule has 2 aromatic rings. The molecule has 0 saturated carbocycles. The van der Waals surface area contributed by atoms with Crippen molar-refractivity contribution in [2.75, 3.05) is 22.8 Å². The zero-order valence-corrected chi connectivity index (χ0v) is 18.5. The van der Waals surface area contributed by atoms with Gasteiger partial charge < -0.3 is 10.6 Å². The van der Waals surface area contributed by atoms with Gasteiger partial charge in [0.1, 0.15) is 11.5 Å². The number of hydrogen-bond acceptors (Lipinski definition) is 5. The summed E-state index contributed by atoms with van der Waals surface area (Å²) in [5, 5.41) is 5.07. The second-order valence-corrected chi connectivity index (χ2v) is 8.69. The Labute approximate surface area is 187 Å². The van der Waals surface area contributed by atoms with Gasteiger partial charge in [0.25, 0.3) is 0 Å². The molecular formula is C20H21F5N4O3S. The average Bonchev–Trinajstić information content (AvgIpc) is 2.68. The average molecular weight is 492 g/mol. The highest BCUT2D eigenvalue weighted by Gasteiger charge is 2.34. The summed E-state index contributed by atoms with van der Waals surface area (Å²) in [7, 11) is -3.93. The maximum atomic E-state index is 14.2. The molecule has 33 heavy (non-hydrogen) atoms. The number of pyridine rings is 1. The topological polar surface area (TPSA) is 100 Å². The van der Waals surface area contributed by atoms with Gasteiger partial charge in [0.05, 0.1) is 17.9 Å². The molecule has 3 N–H and O–H groups in total. The van der Waals surface area contributed by atoms with Crippen LogP contribution in [0.1, 0.15) is 36.6 Å². The van der Waals surface area contributed by atoms with Gasteiger partial charge in [-0.05, 0) is 43.7 Å². The second kappa shape index (κ2) is 10.1. The maximum Gasteiger partial charge on any atom is 0.417 e. The summed E-state index contributed by atoms with van der Waals surface area (Å²) in [5.74, 6) is -3.30. The van der Waals surface area contributed by atoms with Crippen LogP contribution in [0, 0.1) is 11.6 Å². The molecule has 0 unspecified atom stereocenters. The number of carbonyl (C=O) groups excluding carboxylic acids is 1. The van der Waals surface area contributed by atoms with Crippen molar-refractivity contribution in [1.29, 1.82) is 0 Å². The van der Waals surface area contributed by atoms with E-state index < -0.39 is 51.0 Å². The van der Waals surface area contributed by atoms with E-state index in [-0.39, 0.29) is 16.9 Å². The van der Waals surface area contributed by atoms with E-state index in [1.165, 1.54) is 6.92 Å². The molecule has 2 rings (SSSR count). The van der Waals surface area contributed by atoms with Crippen molar-refractivity contribution in [2.45, 2.75) is 26.1 Å². The zero-order chi connectivity index (χ0) is 25.0. The second-order valence-electron chi connectivity index (χ2n) is 6.95. The number of hydrogen-bond donors (Lipinski definition) is 3. The van der Waals surface area contributed by atoms with Gasteiger partial charge in [0.15, 0.2) is 11.6 Å². The van der Waals surface area contributed by atoms with Crippen LogP contribution < -0.4 is 15.4 Å². The molecule has 1 amide bonds. The number of alkyl halides is 3. The molecule has 0 saturated heterocycles. The Morgan fingerprint density at radius 2 is 1.82 bits per heavy atom. The number of amides is 1. The molecule has 1 aromatic heterocycles. The smallest absolute Gasteiger partial charge is 0.370 e. The molecule has 1 heterocycles. The highest BCUT2D eigenvalue weighted by molar-refractivity contribution is 7.92. The van der Waals surface area contributed by atoms with Crippen LogP contribution in [0.15, 0.2) is 30.5 Å². The number of benzene rings is 1. The SMILES string of the molecule is CCNc1nccc(C(F)(F)F)c1C=CC(=O)N[C@H](C)c1cc(F)c(NS(C)(=O)=O)c(F)c1. The number of sulfonamides is 1.